The van der Waals surface area contributed by atoms with Gasteiger partial charge in [0.15, 0.2) is 5.78 Å². The summed E-state index contributed by atoms with van der Waals surface area (Å²) >= 11 is 6.34. The molecule has 0 saturated carbocycles. The zero-order valence-corrected chi connectivity index (χ0v) is 14.9. The average molecular weight is 378 g/mol. The molecular weight excluding hydrogens is 361 g/mol. The lowest BCUT2D eigenvalue weighted by Gasteiger charge is -2.24. The molecule has 0 unspecified atom stereocenters. The Hall–Kier alpha value is -1.97. The van der Waals surface area contributed by atoms with Crippen molar-refractivity contribution < 1.29 is 9.53 Å². The Balaban J connectivity index is 0.00000225. The normalized spacial score (nSPS) is 16.6. The predicted octanol–water partition coefficient (Wildman–Crippen LogP) is 3.11. The third kappa shape index (κ3) is 4.77. The van der Waals surface area contributed by atoms with Crippen molar-refractivity contribution >= 4 is 29.8 Å². The molecule has 0 spiro atoms. The van der Waals surface area contributed by atoms with Gasteiger partial charge < -0.3 is 10.1 Å². The largest absolute Gasteiger partial charge is 0.371 e. The van der Waals surface area contributed by atoms with Crippen molar-refractivity contribution in [3.8, 4) is 6.07 Å². The van der Waals surface area contributed by atoms with Crippen molar-refractivity contribution in [1.29, 1.82) is 5.26 Å². The molecule has 2 heterocycles. The van der Waals surface area contributed by atoms with Crippen LogP contribution < -0.4 is 5.32 Å². The van der Waals surface area contributed by atoms with Crippen LogP contribution in [0.5, 0.6) is 0 Å². The van der Waals surface area contributed by atoms with Gasteiger partial charge >= 0.3 is 0 Å². The second-order valence-electron chi connectivity index (χ2n) is 5.53. The summed E-state index contributed by atoms with van der Waals surface area (Å²) in [5.41, 5.74) is 2.23. The molecule has 1 atom stereocenters. The number of halogens is 2. The van der Waals surface area contributed by atoms with Crippen LogP contribution in [0.4, 0.5) is 0 Å². The number of ether oxygens (including phenoxy) is 1. The number of carbonyl (C=O) groups is 1. The maximum absolute atomic E-state index is 12.4. The fraction of sp³-hybridized carbons (Fsp3) is 0.278. The molecule has 0 bridgehead atoms. The summed E-state index contributed by atoms with van der Waals surface area (Å²) in [6.07, 6.45) is 0.125. The van der Waals surface area contributed by atoms with Gasteiger partial charge in [-0.3, -0.25) is 4.79 Å². The molecule has 0 amide bonds. The second kappa shape index (κ2) is 8.93. The number of carbonyl (C=O) groups excluding carboxylic acids is 1. The third-order valence-corrected chi connectivity index (χ3v) is 4.23. The fourth-order valence-electron chi connectivity index (χ4n) is 2.60. The topological polar surface area (TPSA) is 75.0 Å². The number of hydrogen-bond donors (Lipinski definition) is 1. The first-order valence-corrected chi connectivity index (χ1v) is 8.06. The summed E-state index contributed by atoms with van der Waals surface area (Å²) < 4.78 is 5.71. The number of morpholine rings is 1. The van der Waals surface area contributed by atoms with Crippen molar-refractivity contribution in [1.82, 2.24) is 10.3 Å². The Morgan fingerprint density at radius 1 is 1.40 bits per heavy atom. The monoisotopic (exact) mass is 377 g/mol. The zero-order valence-electron chi connectivity index (χ0n) is 13.4. The molecule has 0 aliphatic carbocycles. The van der Waals surface area contributed by atoms with Gasteiger partial charge in [-0.2, -0.15) is 5.26 Å². The molecule has 1 N–H and O–H groups in total. The van der Waals surface area contributed by atoms with Crippen LogP contribution in [0.3, 0.4) is 0 Å². The first kappa shape index (κ1) is 19.4. The van der Waals surface area contributed by atoms with Crippen LogP contribution in [0.25, 0.3) is 0 Å². The molecule has 2 aromatic rings. The minimum Gasteiger partial charge on any atom is -0.371 e. The van der Waals surface area contributed by atoms with E-state index < -0.39 is 0 Å². The van der Waals surface area contributed by atoms with E-state index >= 15 is 0 Å². The molecule has 1 fully saturated rings. The van der Waals surface area contributed by atoms with Crippen LogP contribution in [0.1, 0.15) is 33.4 Å². The average Bonchev–Trinajstić information content (AvgIpc) is 2.64. The van der Waals surface area contributed by atoms with E-state index in [1.807, 2.05) is 24.3 Å². The third-order valence-electron chi connectivity index (χ3n) is 3.88. The van der Waals surface area contributed by atoms with Gasteiger partial charge in [-0.15, -0.1) is 12.4 Å². The fourth-order valence-corrected chi connectivity index (χ4v) is 2.86. The lowest BCUT2D eigenvalue weighted by atomic mass is 10.0. The Kier molecular flexibility index (Phi) is 6.91. The summed E-state index contributed by atoms with van der Waals surface area (Å²) in [7, 11) is 0. The number of nitriles is 1. The van der Waals surface area contributed by atoms with Gasteiger partial charge in [0.05, 0.1) is 12.7 Å². The number of nitrogens with one attached hydrogen (secondary N) is 1. The maximum atomic E-state index is 12.4. The number of rotatable bonds is 4. The van der Waals surface area contributed by atoms with E-state index in [9.17, 15) is 4.79 Å². The van der Waals surface area contributed by atoms with Crippen molar-refractivity contribution in [2.75, 3.05) is 19.7 Å². The smallest absolute Gasteiger partial charge is 0.185 e. The lowest BCUT2D eigenvalue weighted by molar-refractivity contribution is 0.0277. The van der Waals surface area contributed by atoms with E-state index in [2.05, 4.69) is 10.3 Å². The molecule has 0 radical (unpaired) electrons. The molecule has 1 saturated heterocycles. The molecule has 25 heavy (non-hydrogen) atoms. The van der Waals surface area contributed by atoms with Crippen LogP contribution in [0.2, 0.25) is 5.02 Å². The number of Topliss-reactive ketones (excluding diaryl/α,β-unsaturated/α-hetero) is 1. The number of aromatic nitrogens is 1. The molecule has 1 aliphatic rings. The van der Waals surface area contributed by atoms with Gasteiger partial charge in [-0.05, 0) is 29.3 Å². The summed E-state index contributed by atoms with van der Waals surface area (Å²) in [4.78, 5) is 16.4. The van der Waals surface area contributed by atoms with E-state index in [1.165, 1.54) is 0 Å². The van der Waals surface area contributed by atoms with Crippen molar-refractivity contribution in [2.24, 2.45) is 0 Å². The van der Waals surface area contributed by atoms with Crippen molar-refractivity contribution in [3.63, 3.8) is 0 Å². The summed E-state index contributed by atoms with van der Waals surface area (Å²) in [6, 6.07) is 12.4. The van der Waals surface area contributed by atoms with Crippen LogP contribution in [0, 0.1) is 11.3 Å². The van der Waals surface area contributed by atoms with Gasteiger partial charge in [0.1, 0.15) is 17.5 Å². The number of nitrogens with zero attached hydrogens (tertiary/aromatic N) is 2. The summed E-state index contributed by atoms with van der Waals surface area (Å²) in [6.45, 7) is 2.27. The number of benzene rings is 1. The van der Waals surface area contributed by atoms with Crippen LogP contribution >= 0.6 is 24.0 Å². The Morgan fingerprint density at radius 2 is 2.24 bits per heavy atom. The number of hydrogen-bond acceptors (Lipinski definition) is 5. The first-order valence-electron chi connectivity index (χ1n) is 7.68. The van der Waals surface area contributed by atoms with E-state index in [0.717, 1.165) is 24.2 Å². The van der Waals surface area contributed by atoms with Crippen LogP contribution in [-0.2, 0) is 11.2 Å². The Morgan fingerprint density at radius 3 is 2.92 bits per heavy atom. The maximum Gasteiger partial charge on any atom is 0.185 e. The molecule has 130 valence electrons. The van der Waals surface area contributed by atoms with E-state index in [-0.39, 0.29) is 42.1 Å². The van der Waals surface area contributed by atoms with Gasteiger partial charge in [0.25, 0.3) is 0 Å². The molecule has 1 aromatic heterocycles. The molecule has 1 aliphatic heterocycles. The second-order valence-corrected chi connectivity index (χ2v) is 5.94. The number of pyridine rings is 1. The summed E-state index contributed by atoms with van der Waals surface area (Å²) in [5, 5.41) is 12.7. The highest BCUT2D eigenvalue weighted by molar-refractivity contribution is 6.31. The summed E-state index contributed by atoms with van der Waals surface area (Å²) in [5.74, 6) is -0.169. The molecule has 3 rings (SSSR count). The first-order chi connectivity index (χ1) is 11.7. The molecule has 1 aromatic carbocycles. The molecule has 7 heteroatoms. The quantitative estimate of drug-likeness (QED) is 0.828. The molecule has 5 nitrogen and oxygen atoms in total. The zero-order chi connectivity index (χ0) is 16.9. The lowest BCUT2D eigenvalue weighted by Crippen LogP contribution is -2.33. The van der Waals surface area contributed by atoms with E-state index in [0.29, 0.717) is 11.6 Å². The van der Waals surface area contributed by atoms with E-state index in [1.54, 1.807) is 18.2 Å². The Bertz CT molecular complexity index is 799. The van der Waals surface area contributed by atoms with Crippen LogP contribution in [-0.4, -0.2) is 30.5 Å². The standard InChI is InChI=1S/C18H16ClN3O2.ClH/c19-15-8-13(18-11-21-6-7-24-18)5-4-12(15)9-17(23)16-3-1-2-14(10-20)22-16;/h1-5,8,18,21H,6-7,9,11H2;1H/t18-;/m1./s1. The SMILES string of the molecule is Cl.N#Cc1cccc(C(=O)Cc2ccc([C@H]3CNCCO3)cc2Cl)n1. The van der Waals surface area contributed by atoms with Gasteiger partial charge in [0.2, 0.25) is 0 Å². The highest BCUT2D eigenvalue weighted by Crippen LogP contribution is 2.25. The highest BCUT2D eigenvalue weighted by atomic mass is 35.5. The molecular formula is C18H17Cl2N3O2. The Labute approximate surface area is 157 Å². The minimum absolute atomic E-state index is 0. The van der Waals surface area contributed by atoms with E-state index in [4.69, 9.17) is 21.6 Å². The van der Waals surface area contributed by atoms with Gasteiger partial charge in [-0.25, -0.2) is 4.98 Å². The predicted molar refractivity (Wildman–Crippen MR) is 97.2 cm³/mol. The van der Waals surface area contributed by atoms with Gasteiger partial charge in [0, 0.05) is 24.5 Å². The van der Waals surface area contributed by atoms with Crippen molar-refractivity contribution in [3.05, 3.63) is 63.9 Å². The highest BCUT2D eigenvalue weighted by Gasteiger charge is 2.18. The number of ketones is 1. The van der Waals surface area contributed by atoms with Crippen LogP contribution in [0.15, 0.2) is 36.4 Å². The minimum atomic E-state index is -0.169. The van der Waals surface area contributed by atoms with Crippen molar-refractivity contribution in [2.45, 2.75) is 12.5 Å². The van der Waals surface area contributed by atoms with Gasteiger partial charge in [-0.1, -0.05) is 29.8 Å².